The lowest BCUT2D eigenvalue weighted by Gasteiger charge is -2.25. The van der Waals surface area contributed by atoms with Gasteiger partial charge in [0.25, 0.3) is 0 Å². The fourth-order valence-corrected chi connectivity index (χ4v) is 3.44. The largest absolute Gasteiger partial charge is 0.497 e. The van der Waals surface area contributed by atoms with Crippen molar-refractivity contribution in [2.24, 2.45) is 0 Å². The molecule has 136 valence electrons. The molecule has 0 atom stereocenters. The third-order valence-electron chi connectivity index (χ3n) is 3.79. The topological polar surface area (TPSA) is 46.9 Å². The van der Waals surface area contributed by atoms with Crippen molar-refractivity contribution < 1.29 is 13.9 Å². The number of ether oxygens (including phenoxy) is 2. The molecule has 0 bridgehead atoms. The number of rotatable bonds is 7. The second-order valence-electron chi connectivity index (χ2n) is 5.51. The SMILES string of the molecule is COc1ccc(NC(=S)N(Cc2ccco2)Cc2cccs2)c(OC)c1. The Kier molecular flexibility index (Phi) is 6.14. The van der Waals surface area contributed by atoms with Crippen molar-refractivity contribution in [3.05, 3.63) is 64.7 Å². The summed E-state index contributed by atoms with van der Waals surface area (Å²) in [7, 11) is 3.24. The summed E-state index contributed by atoms with van der Waals surface area (Å²) in [5.74, 6) is 2.25. The molecule has 0 amide bonds. The molecule has 1 N–H and O–H groups in total. The fourth-order valence-electron chi connectivity index (χ4n) is 2.48. The van der Waals surface area contributed by atoms with E-state index in [9.17, 15) is 0 Å². The maximum atomic E-state index is 5.66. The van der Waals surface area contributed by atoms with Crippen molar-refractivity contribution in [1.82, 2.24) is 4.90 Å². The average molecular weight is 389 g/mol. The van der Waals surface area contributed by atoms with Crippen molar-refractivity contribution in [2.45, 2.75) is 13.1 Å². The van der Waals surface area contributed by atoms with Crippen LogP contribution < -0.4 is 14.8 Å². The normalized spacial score (nSPS) is 10.4. The number of anilines is 1. The van der Waals surface area contributed by atoms with Crippen molar-refractivity contribution in [1.29, 1.82) is 0 Å². The van der Waals surface area contributed by atoms with Crippen LogP contribution in [-0.4, -0.2) is 24.2 Å². The van der Waals surface area contributed by atoms with Crippen molar-refractivity contribution in [3.63, 3.8) is 0 Å². The van der Waals surface area contributed by atoms with Crippen LogP contribution in [0.4, 0.5) is 5.69 Å². The van der Waals surface area contributed by atoms with E-state index in [1.54, 1.807) is 31.8 Å². The predicted octanol–water partition coefficient (Wildman–Crippen LogP) is 4.76. The van der Waals surface area contributed by atoms with Gasteiger partial charge in [-0.2, -0.15) is 0 Å². The Balaban J connectivity index is 1.78. The van der Waals surface area contributed by atoms with Crippen LogP contribution in [0.15, 0.2) is 58.5 Å². The Morgan fingerprint density at radius 1 is 1.15 bits per heavy atom. The van der Waals surface area contributed by atoms with Crippen LogP contribution in [-0.2, 0) is 13.1 Å². The molecule has 0 fully saturated rings. The minimum atomic E-state index is 0.579. The first-order valence-electron chi connectivity index (χ1n) is 8.02. The molecule has 2 aromatic heterocycles. The van der Waals surface area contributed by atoms with E-state index < -0.39 is 0 Å². The lowest BCUT2D eigenvalue weighted by atomic mass is 10.2. The highest BCUT2D eigenvalue weighted by Crippen LogP contribution is 2.29. The third-order valence-corrected chi connectivity index (χ3v) is 5.01. The first kappa shape index (κ1) is 18.3. The summed E-state index contributed by atoms with van der Waals surface area (Å²) in [6.45, 7) is 1.28. The summed E-state index contributed by atoms with van der Waals surface area (Å²) in [5.41, 5.74) is 0.786. The van der Waals surface area contributed by atoms with Gasteiger partial charge < -0.3 is 24.1 Å². The van der Waals surface area contributed by atoms with Gasteiger partial charge in [-0.1, -0.05) is 6.07 Å². The zero-order chi connectivity index (χ0) is 18.4. The highest BCUT2D eigenvalue weighted by Gasteiger charge is 2.15. The van der Waals surface area contributed by atoms with E-state index in [1.165, 1.54) is 4.88 Å². The molecular formula is C19H20N2O3S2. The summed E-state index contributed by atoms with van der Waals surface area (Å²) in [6.07, 6.45) is 1.67. The molecule has 26 heavy (non-hydrogen) atoms. The van der Waals surface area contributed by atoms with Gasteiger partial charge in [-0.25, -0.2) is 0 Å². The number of methoxy groups -OCH3 is 2. The van der Waals surface area contributed by atoms with Gasteiger partial charge in [0.15, 0.2) is 5.11 Å². The van der Waals surface area contributed by atoms with E-state index in [2.05, 4.69) is 21.7 Å². The number of hydrogen-bond donors (Lipinski definition) is 1. The molecule has 3 aromatic rings. The van der Waals surface area contributed by atoms with Gasteiger partial charge in [-0.3, -0.25) is 0 Å². The van der Waals surface area contributed by atoms with Gasteiger partial charge in [0.2, 0.25) is 0 Å². The van der Waals surface area contributed by atoms with Crippen LogP contribution in [0, 0.1) is 0 Å². The van der Waals surface area contributed by atoms with Crippen molar-refractivity contribution >= 4 is 34.4 Å². The number of benzene rings is 1. The average Bonchev–Trinajstić information content (AvgIpc) is 3.35. The summed E-state index contributed by atoms with van der Waals surface area (Å²) in [5, 5.41) is 5.93. The van der Waals surface area contributed by atoms with E-state index in [4.69, 9.17) is 26.1 Å². The highest BCUT2D eigenvalue weighted by molar-refractivity contribution is 7.80. The van der Waals surface area contributed by atoms with Gasteiger partial charge >= 0.3 is 0 Å². The van der Waals surface area contributed by atoms with E-state index >= 15 is 0 Å². The summed E-state index contributed by atoms with van der Waals surface area (Å²) in [6, 6.07) is 13.5. The zero-order valence-corrected chi connectivity index (χ0v) is 16.2. The fraction of sp³-hybridized carbons (Fsp3) is 0.211. The number of furan rings is 1. The van der Waals surface area contributed by atoms with Gasteiger partial charge in [0.1, 0.15) is 17.3 Å². The highest BCUT2D eigenvalue weighted by atomic mass is 32.1. The molecule has 0 saturated carbocycles. The van der Waals surface area contributed by atoms with Crippen LogP contribution in [0.1, 0.15) is 10.6 Å². The van der Waals surface area contributed by atoms with Gasteiger partial charge in [-0.05, 0) is 47.9 Å². The van der Waals surface area contributed by atoms with Gasteiger partial charge in [0, 0.05) is 10.9 Å². The molecule has 7 heteroatoms. The number of hydrogen-bond acceptors (Lipinski definition) is 5. The van der Waals surface area contributed by atoms with Crippen molar-refractivity contribution in [3.8, 4) is 11.5 Å². The molecule has 5 nitrogen and oxygen atoms in total. The summed E-state index contributed by atoms with van der Waals surface area (Å²) < 4.78 is 16.2. The lowest BCUT2D eigenvalue weighted by Crippen LogP contribution is -2.33. The second kappa shape index (κ2) is 8.73. The first-order chi connectivity index (χ1) is 12.7. The Hall–Kier alpha value is -2.51. The first-order valence-corrected chi connectivity index (χ1v) is 9.31. The number of thiophene rings is 1. The third kappa shape index (κ3) is 4.56. The van der Waals surface area contributed by atoms with Crippen LogP contribution >= 0.6 is 23.6 Å². The summed E-state index contributed by atoms with van der Waals surface area (Å²) in [4.78, 5) is 3.28. The van der Waals surface area contributed by atoms with E-state index in [1.807, 2.05) is 36.4 Å². The molecule has 3 rings (SSSR count). The van der Waals surface area contributed by atoms with E-state index in [-0.39, 0.29) is 0 Å². The Morgan fingerprint density at radius 2 is 2.04 bits per heavy atom. The monoisotopic (exact) mass is 388 g/mol. The maximum absolute atomic E-state index is 5.66. The quantitative estimate of drug-likeness (QED) is 0.589. The molecule has 0 unspecified atom stereocenters. The molecule has 0 aliphatic rings. The molecule has 0 saturated heterocycles. The molecule has 0 spiro atoms. The van der Waals surface area contributed by atoms with Crippen LogP contribution in [0.5, 0.6) is 11.5 Å². The minimum absolute atomic E-state index is 0.579. The van der Waals surface area contributed by atoms with Crippen LogP contribution in [0.3, 0.4) is 0 Å². The summed E-state index contributed by atoms with van der Waals surface area (Å²) >= 11 is 7.36. The molecule has 0 radical (unpaired) electrons. The maximum Gasteiger partial charge on any atom is 0.174 e. The van der Waals surface area contributed by atoms with E-state index in [0.717, 1.165) is 17.2 Å². The number of nitrogens with one attached hydrogen (secondary N) is 1. The molecule has 2 heterocycles. The molecule has 0 aliphatic heterocycles. The number of nitrogens with zero attached hydrogens (tertiary/aromatic N) is 1. The van der Waals surface area contributed by atoms with Crippen LogP contribution in [0.2, 0.25) is 0 Å². The Morgan fingerprint density at radius 3 is 2.69 bits per heavy atom. The van der Waals surface area contributed by atoms with E-state index in [0.29, 0.717) is 24.0 Å². The Bertz CT molecular complexity index is 796. The standard InChI is InChI=1S/C19H20N2O3S2/c1-22-14-7-8-17(18(11-14)23-2)20-19(25)21(12-15-5-3-9-24-15)13-16-6-4-10-26-16/h3-11H,12-13H2,1-2H3,(H,20,25). The number of thiocarbonyl (C=S) groups is 1. The smallest absolute Gasteiger partial charge is 0.174 e. The molecule has 1 aromatic carbocycles. The van der Waals surface area contributed by atoms with Gasteiger partial charge in [0.05, 0.1) is 39.3 Å². The lowest BCUT2D eigenvalue weighted by molar-refractivity contribution is 0.362. The minimum Gasteiger partial charge on any atom is -0.497 e. The van der Waals surface area contributed by atoms with Crippen LogP contribution in [0.25, 0.3) is 0 Å². The predicted molar refractivity (Wildman–Crippen MR) is 108 cm³/mol. The van der Waals surface area contributed by atoms with Crippen molar-refractivity contribution in [2.75, 3.05) is 19.5 Å². The Labute approximate surface area is 162 Å². The molecule has 0 aliphatic carbocycles. The zero-order valence-electron chi connectivity index (χ0n) is 14.6. The molecular weight excluding hydrogens is 368 g/mol. The van der Waals surface area contributed by atoms with Gasteiger partial charge in [-0.15, -0.1) is 11.3 Å². The second-order valence-corrected chi connectivity index (χ2v) is 6.93.